The molecule has 2 atom stereocenters. The molecule has 1 aliphatic rings. The fourth-order valence-electron chi connectivity index (χ4n) is 1.85. The molecule has 1 heterocycles. The summed E-state index contributed by atoms with van der Waals surface area (Å²) in [6.07, 6.45) is -5.33. The van der Waals surface area contributed by atoms with Gasteiger partial charge in [-0.3, -0.25) is 0 Å². The van der Waals surface area contributed by atoms with Crippen molar-refractivity contribution in [3.05, 3.63) is 35.9 Å². The van der Waals surface area contributed by atoms with Crippen molar-refractivity contribution in [2.45, 2.75) is 24.4 Å². The molecule has 1 aromatic rings. The highest BCUT2D eigenvalue weighted by Crippen LogP contribution is 2.37. The van der Waals surface area contributed by atoms with Crippen LogP contribution in [0.5, 0.6) is 0 Å². The third kappa shape index (κ3) is 2.41. The maximum atomic E-state index is 12.8. The van der Waals surface area contributed by atoms with E-state index in [1.165, 1.54) is 0 Å². The largest absolute Gasteiger partial charge is 0.436 e. The van der Waals surface area contributed by atoms with Crippen molar-refractivity contribution in [1.29, 1.82) is 0 Å². The zero-order chi connectivity index (χ0) is 13.4. The third-order valence-corrected chi connectivity index (χ3v) is 3.02. The first-order chi connectivity index (χ1) is 8.32. The van der Waals surface area contributed by atoms with Crippen molar-refractivity contribution >= 4 is 17.3 Å². The Kier molecular flexibility index (Phi) is 3.20. The molecule has 18 heavy (non-hydrogen) atoms. The molecule has 1 saturated heterocycles. The summed E-state index contributed by atoms with van der Waals surface area (Å²) in [6, 6.07) is 7.89. The minimum Gasteiger partial charge on any atom is -0.363 e. The summed E-state index contributed by atoms with van der Waals surface area (Å²) in [7, 11) is 0. The van der Waals surface area contributed by atoms with Crippen LogP contribution in [0, 0.1) is 0 Å². The Morgan fingerprint density at radius 2 is 1.89 bits per heavy atom. The van der Waals surface area contributed by atoms with E-state index in [0.717, 1.165) is 0 Å². The number of halogens is 3. The van der Waals surface area contributed by atoms with Crippen LogP contribution in [0.15, 0.2) is 30.3 Å². The molecule has 98 valence electrons. The van der Waals surface area contributed by atoms with Crippen LogP contribution in [0.3, 0.4) is 0 Å². The van der Waals surface area contributed by atoms with Gasteiger partial charge in [0.25, 0.3) is 0 Å². The third-order valence-electron chi connectivity index (χ3n) is 2.80. The second kappa shape index (κ2) is 4.40. The van der Waals surface area contributed by atoms with Gasteiger partial charge < -0.3 is 15.7 Å². The maximum absolute atomic E-state index is 12.8. The van der Waals surface area contributed by atoms with E-state index >= 15 is 0 Å². The summed E-state index contributed by atoms with van der Waals surface area (Å²) >= 11 is 4.72. The number of hydrogen-bond acceptors (Lipinski definition) is 2. The van der Waals surface area contributed by atoms with Crippen LogP contribution >= 0.6 is 12.2 Å². The molecule has 7 heteroatoms. The molecule has 2 rings (SSSR count). The lowest BCUT2D eigenvalue weighted by atomic mass is 9.94. The highest BCUT2D eigenvalue weighted by atomic mass is 32.1. The Balaban J connectivity index is 2.28. The van der Waals surface area contributed by atoms with E-state index < -0.39 is 24.4 Å². The van der Waals surface area contributed by atoms with Crippen molar-refractivity contribution in [3.8, 4) is 0 Å². The Bertz CT molecular complexity index is 451. The molecule has 0 amide bonds. The number of aliphatic hydroxyl groups is 1. The van der Waals surface area contributed by atoms with Crippen molar-refractivity contribution in [3.63, 3.8) is 0 Å². The van der Waals surface area contributed by atoms with Gasteiger partial charge in [0.1, 0.15) is 0 Å². The molecule has 0 aliphatic carbocycles. The molecule has 0 saturated carbocycles. The summed E-state index contributed by atoms with van der Waals surface area (Å²) in [5.41, 5.74) is -2.35. The Morgan fingerprint density at radius 1 is 1.28 bits per heavy atom. The molecule has 1 fully saturated rings. The first-order valence-corrected chi connectivity index (χ1v) is 5.65. The van der Waals surface area contributed by atoms with Crippen LogP contribution in [0.1, 0.15) is 18.0 Å². The van der Waals surface area contributed by atoms with Gasteiger partial charge in [0.05, 0.1) is 6.04 Å². The predicted molar refractivity (Wildman–Crippen MR) is 63.7 cm³/mol. The molecule has 3 nitrogen and oxygen atoms in total. The Morgan fingerprint density at radius 3 is 2.44 bits per heavy atom. The first-order valence-electron chi connectivity index (χ1n) is 5.24. The van der Waals surface area contributed by atoms with E-state index in [-0.39, 0.29) is 5.11 Å². The van der Waals surface area contributed by atoms with Gasteiger partial charge in [0.2, 0.25) is 5.72 Å². The van der Waals surface area contributed by atoms with Gasteiger partial charge >= 0.3 is 6.18 Å². The van der Waals surface area contributed by atoms with Crippen LogP contribution < -0.4 is 10.6 Å². The summed E-state index contributed by atoms with van der Waals surface area (Å²) in [4.78, 5) is 0. The van der Waals surface area contributed by atoms with Gasteiger partial charge in [-0.05, 0) is 17.8 Å². The number of benzene rings is 1. The standard InChI is InChI=1S/C11H11F3N2OS/c12-11(13,14)10(17)6-8(15-9(18)16-10)7-4-2-1-3-5-7/h1-5,8,17H,6H2,(H2,15,16,18)/t8-,10-/m1/s1. The fourth-order valence-corrected chi connectivity index (χ4v) is 2.16. The lowest BCUT2D eigenvalue weighted by molar-refractivity contribution is -0.273. The SMILES string of the molecule is O[C@@]1(C(F)(F)F)C[C@H](c2ccccc2)NC(=S)N1. The van der Waals surface area contributed by atoms with Crippen molar-refractivity contribution < 1.29 is 18.3 Å². The molecular weight excluding hydrogens is 265 g/mol. The van der Waals surface area contributed by atoms with E-state index in [0.29, 0.717) is 5.56 Å². The molecule has 0 spiro atoms. The van der Waals surface area contributed by atoms with Crippen molar-refractivity contribution in [1.82, 2.24) is 10.6 Å². The summed E-state index contributed by atoms with van der Waals surface area (Å²) in [5.74, 6) is 0. The van der Waals surface area contributed by atoms with Crippen molar-refractivity contribution in [2.24, 2.45) is 0 Å². The van der Waals surface area contributed by atoms with Crippen molar-refractivity contribution in [2.75, 3.05) is 0 Å². The minimum absolute atomic E-state index is 0.213. The highest BCUT2D eigenvalue weighted by molar-refractivity contribution is 7.80. The topological polar surface area (TPSA) is 44.3 Å². The first kappa shape index (κ1) is 13.1. The van der Waals surface area contributed by atoms with Crippen LogP contribution in [0.4, 0.5) is 13.2 Å². The smallest absolute Gasteiger partial charge is 0.363 e. The normalized spacial score (nSPS) is 28.4. The number of rotatable bonds is 1. The predicted octanol–water partition coefficient (Wildman–Crippen LogP) is 1.85. The summed E-state index contributed by atoms with van der Waals surface area (Å²) in [5, 5.41) is 14.0. The molecule has 0 unspecified atom stereocenters. The Hall–Kier alpha value is -1.34. The van der Waals surface area contributed by atoms with Crippen LogP contribution in [0.25, 0.3) is 0 Å². The van der Waals surface area contributed by atoms with Crippen LogP contribution in [0.2, 0.25) is 0 Å². The molecule has 1 aromatic carbocycles. The maximum Gasteiger partial charge on any atom is 0.436 e. The molecular formula is C11H11F3N2OS. The average Bonchev–Trinajstić information content (AvgIpc) is 2.27. The number of thiocarbonyl (C=S) groups is 1. The van der Waals surface area contributed by atoms with E-state index in [2.05, 4.69) is 5.32 Å². The van der Waals surface area contributed by atoms with E-state index in [4.69, 9.17) is 12.2 Å². The van der Waals surface area contributed by atoms with Crippen LogP contribution in [-0.4, -0.2) is 22.1 Å². The lowest BCUT2D eigenvalue weighted by Gasteiger charge is -2.40. The fraction of sp³-hybridized carbons (Fsp3) is 0.364. The molecule has 1 aliphatic heterocycles. The molecule has 3 N–H and O–H groups in total. The monoisotopic (exact) mass is 276 g/mol. The van der Waals surface area contributed by atoms with E-state index in [9.17, 15) is 18.3 Å². The minimum atomic E-state index is -4.79. The van der Waals surface area contributed by atoms with E-state index in [1.807, 2.05) is 5.32 Å². The second-order valence-corrected chi connectivity index (χ2v) is 4.53. The summed E-state index contributed by atoms with van der Waals surface area (Å²) in [6.45, 7) is 0. The number of alkyl halides is 3. The van der Waals surface area contributed by atoms with Crippen LogP contribution in [-0.2, 0) is 0 Å². The summed E-state index contributed by atoms with van der Waals surface area (Å²) < 4.78 is 38.4. The van der Waals surface area contributed by atoms with Gasteiger partial charge in [-0.1, -0.05) is 30.3 Å². The van der Waals surface area contributed by atoms with Gasteiger partial charge in [-0.25, -0.2) is 0 Å². The quantitative estimate of drug-likeness (QED) is 0.685. The molecule has 0 bridgehead atoms. The van der Waals surface area contributed by atoms with Gasteiger partial charge in [0, 0.05) is 6.42 Å². The van der Waals surface area contributed by atoms with E-state index in [1.54, 1.807) is 30.3 Å². The molecule has 0 radical (unpaired) electrons. The zero-order valence-corrected chi connectivity index (χ0v) is 9.98. The van der Waals surface area contributed by atoms with Gasteiger partial charge in [-0.15, -0.1) is 0 Å². The highest BCUT2D eigenvalue weighted by Gasteiger charge is 2.57. The second-order valence-electron chi connectivity index (χ2n) is 4.12. The van der Waals surface area contributed by atoms with Gasteiger partial charge in [-0.2, -0.15) is 13.2 Å². The number of nitrogens with one attached hydrogen (secondary N) is 2. The average molecular weight is 276 g/mol. The molecule has 0 aromatic heterocycles. The zero-order valence-electron chi connectivity index (χ0n) is 9.16. The van der Waals surface area contributed by atoms with Gasteiger partial charge in [0.15, 0.2) is 5.11 Å². The Labute approximate surface area is 107 Å². The lowest BCUT2D eigenvalue weighted by Crippen LogP contribution is -2.66. The number of hydrogen-bond donors (Lipinski definition) is 3.